The fourth-order valence-corrected chi connectivity index (χ4v) is 3.38. The van der Waals surface area contributed by atoms with Gasteiger partial charge in [-0.3, -0.25) is 4.55 Å². The number of esters is 1. The van der Waals surface area contributed by atoms with E-state index in [-0.39, 0.29) is 16.8 Å². The van der Waals surface area contributed by atoms with Crippen molar-refractivity contribution in [3.8, 4) is 5.75 Å². The number of nitrogens with two attached hydrogens (primary N) is 2. The second-order valence-corrected chi connectivity index (χ2v) is 9.38. The summed E-state index contributed by atoms with van der Waals surface area (Å²) in [5.74, 6) is 0.427. The number of benzene rings is 3. The van der Waals surface area contributed by atoms with E-state index in [0.717, 1.165) is 16.7 Å². The van der Waals surface area contributed by atoms with Gasteiger partial charge in [-0.05, 0) is 73.4 Å². The smallest absolute Gasteiger partial charge is 0.343 e. The molecule has 0 fully saturated rings. The zero-order valence-corrected chi connectivity index (χ0v) is 20.3. The number of ether oxygens (including phenoxy) is 1. The number of nitrogens with zero attached hydrogens (tertiary/aromatic N) is 1. The molecule has 180 valence electrons. The van der Waals surface area contributed by atoms with Crippen molar-refractivity contribution >= 4 is 27.7 Å². The Kier molecular flexibility index (Phi) is 8.94. The highest BCUT2D eigenvalue weighted by molar-refractivity contribution is 7.85. The summed E-state index contributed by atoms with van der Waals surface area (Å²) in [6.45, 7) is 7.93. The van der Waals surface area contributed by atoms with Crippen LogP contribution in [0, 0.1) is 13.8 Å². The fourth-order valence-electron chi connectivity index (χ4n) is 2.90. The van der Waals surface area contributed by atoms with Crippen LogP contribution in [0.5, 0.6) is 5.75 Å². The van der Waals surface area contributed by atoms with Crippen molar-refractivity contribution in [2.75, 3.05) is 0 Å². The number of guanidine groups is 1. The monoisotopic (exact) mass is 483 g/mol. The van der Waals surface area contributed by atoms with Crippen molar-refractivity contribution in [2.45, 2.75) is 38.5 Å². The van der Waals surface area contributed by atoms with Crippen molar-refractivity contribution in [2.24, 2.45) is 16.5 Å². The van der Waals surface area contributed by atoms with E-state index in [0.29, 0.717) is 17.0 Å². The normalized spacial score (nSPS) is 10.8. The third-order valence-corrected chi connectivity index (χ3v) is 5.54. The minimum Gasteiger partial charge on any atom is -0.423 e. The molecular formula is C25H29N3O5S. The van der Waals surface area contributed by atoms with Crippen LogP contribution in [0.2, 0.25) is 0 Å². The molecule has 0 aliphatic heterocycles. The van der Waals surface area contributed by atoms with Gasteiger partial charge in [-0.2, -0.15) is 8.42 Å². The number of carbonyl (C=O) groups excluding carboxylic acids is 1. The van der Waals surface area contributed by atoms with Crippen LogP contribution in [0.25, 0.3) is 0 Å². The van der Waals surface area contributed by atoms with E-state index in [4.69, 9.17) is 20.8 Å². The van der Waals surface area contributed by atoms with Gasteiger partial charge in [0.1, 0.15) is 5.75 Å². The van der Waals surface area contributed by atoms with E-state index in [9.17, 15) is 13.2 Å². The predicted molar refractivity (Wildman–Crippen MR) is 133 cm³/mol. The lowest BCUT2D eigenvalue weighted by Crippen LogP contribution is -2.21. The quantitative estimate of drug-likeness (QED) is 0.159. The van der Waals surface area contributed by atoms with Gasteiger partial charge in [0.2, 0.25) is 0 Å². The van der Waals surface area contributed by atoms with E-state index in [2.05, 4.69) is 18.8 Å². The number of rotatable bonds is 5. The third-order valence-electron chi connectivity index (χ3n) is 4.67. The molecule has 0 unspecified atom stereocenters. The van der Waals surface area contributed by atoms with Gasteiger partial charge < -0.3 is 16.2 Å². The van der Waals surface area contributed by atoms with Crippen LogP contribution in [0.4, 0.5) is 5.69 Å². The Hall–Kier alpha value is -3.69. The lowest BCUT2D eigenvalue weighted by atomic mass is 10.0. The van der Waals surface area contributed by atoms with E-state index in [1.807, 2.05) is 32.0 Å². The Morgan fingerprint density at radius 2 is 1.47 bits per heavy atom. The molecule has 0 heterocycles. The average molecular weight is 484 g/mol. The average Bonchev–Trinajstić information content (AvgIpc) is 2.74. The number of hydrogen-bond acceptors (Lipinski definition) is 5. The predicted octanol–water partition coefficient (Wildman–Crippen LogP) is 4.48. The topological polar surface area (TPSA) is 145 Å². The second-order valence-electron chi connectivity index (χ2n) is 7.96. The maximum atomic E-state index is 12.3. The van der Waals surface area contributed by atoms with Crippen LogP contribution < -0.4 is 16.2 Å². The van der Waals surface area contributed by atoms with Gasteiger partial charge >= 0.3 is 5.97 Å². The van der Waals surface area contributed by atoms with Crippen molar-refractivity contribution in [3.63, 3.8) is 0 Å². The van der Waals surface area contributed by atoms with E-state index in [1.165, 1.54) is 12.1 Å². The molecule has 3 rings (SSSR count). The summed E-state index contributed by atoms with van der Waals surface area (Å²) in [5, 5.41) is 0. The molecule has 3 aromatic carbocycles. The molecule has 0 spiro atoms. The van der Waals surface area contributed by atoms with Gasteiger partial charge in [0.25, 0.3) is 10.1 Å². The van der Waals surface area contributed by atoms with Crippen molar-refractivity contribution in [1.82, 2.24) is 0 Å². The molecule has 5 N–H and O–H groups in total. The molecule has 0 aliphatic carbocycles. The molecule has 0 bridgehead atoms. The molecule has 8 nitrogen and oxygen atoms in total. The van der Waals surface area contributed by atoms with Crippen LogP contribution in [0.3, 0.4) is 0 Å². The standard InChI is InChI=1S/C18H21N3O2.C7H8O3S/c1-11(2)15-9-4-12(3)10-16(15)23-17(22)13-5-7-14(8-6-13)21-18(19)20;1-6-2-4-7(5-3-6)11(8,9)10/h4-11H,1-3H3,(H4,19,20,21);2-5H,1H3,(H,8,9,10). The van der Waals surface area contributed by atoms with Gasteiger partial charge in [-0.1, -0.05) is 43.7 Å². The first-order chi connectivity index (χ1) is 15.9. The maximum absolute atomic E-state index is 12.3. The van der Waals surface area contributed by atoms with Crippen LogP contribution in [-0.2, 0) is 10.1 Å². The van der Waals surface area contributed by atoms with Crippen LogP contribution in [-0.4, -0.2) is 24.9 Å². The summed E-state index contributed by atoms with van der Waals surface area (Å²) >= 11 is 0. The second kappa shape index (κ2) is 11.4. The summed E-state index contributed by atoms with van der Waals surface area (Å²) in [6, 6.07) is 18.5. The summed E-state index contributed by atoms with van der Waals surface area (Å²) in [6.07, 6.45) is 0. The molecule has 34 heavy (non-hydrogen) atoms. The lowest BCUT2D eigenvalue weighted by molar-refractivity contribution is 0.0732. The number of carbonyl (C=O) groups is 1. The van der Waals surface area contributed by atoms with Crippen molar-refractivity contribution < 1.29 is 22.5 Å². The number of aryl methyl sites for hydroxylation is 2. The fraction of sp³-hybridized carbons (Fsp3) is 0.200. The highest BCUT2D eigenvalue weighted by Crippen LogP contribution is 2.28. The Bertz CT molecular complexity index is 1260. The van der Waals surface area contributed by atoms with Gasteiger partial charge in [-0.15, -0.1) is 0 Å². The van der Waals surface area contributed by atoms with Gasteiger partial charge in [-0.25, -0.2) is 9.79 Å². The SMILES string of the molecule is Cc1ccc(C(C)C)c(OC(=O)c2ccc(N=C(N)N)cc2)c1.Cc1ccc(S(=O)(=O)O)cc1. The lowest BCUT2D eigenvalue weighted by Gasteiger charge is -2.13. The molecule has 0 saturated heterocycles. The largest absolute Gasteiger partial charge is 0.423 e. The van der Waals surface area contributed by atoms with Crippen LogP contribution >= 0.6 is 0 Å². The molecule has 0 radical (unpaired) electrons. The highest BCUT2D eigenvalue weighted by Gasteiger charge is 2.14. The van der Waals surface area contributed by atoms with Crippen molar-refractivity contribution in [3.05, 3.63) is 89.0 Å². The van der Waals surface area contributed by atoms with Gasteiger partial charge in [0.15, 0.2) is 5.96 Å². The molecule has 0 saturated carbocycles. The molecular weight excluding hydrogens is 454 g/mol. The Morgan fingerprint density at radius 3 is 1.97 bits per heavy atom. The van der Waals surface area contributed by atoms with Crippen molar-refractivity contribution in [1.29, 1.82) is 0 Å². The van der Waals surface area contributed by atoms with E-state index in [1.54, 1.807) is 36.4 Å². The Balaban J connectivity index is 0.000000310. The summed E-state index contributed by atoms with van der Waals surface area (Å²) in [5.41, 5.74) is 14.7. The van der Waals surface area contributed by atoms with E-state index < -0.39 is 16.1 Å². The Morgan fingerprint density at radius 1 is 0.912 bits per heavy atom. The third kappa shape index (κ3) is 8.02. The maximum Gasteiger partial charge on any atom is 0.343 e. The molecule has 3 aromatic rings. The van der Waals surface area contributed by atoms with Gasteiger partial charge in [0, 0.05) is 0 Å². The summed E-state index contributed by atoms with van der Waals surface area (Å²) in [7, 11) is -4.02. The zero-order valence-electron chi connectivity index (χ0n) is 19.5. The van der Waals surface area contributed by atoms with Crippen LogP contribution in [0.15, 0.2) is 76.6 Å². The number of hydrogen-bond donors (Lipinski definition) is 3. The molecule has 9 heteroatoms. The Labute approximate surface area is 200 Å². The van der Waals surface area contributed by atoms with E-state index >= 15 is 0 Å². The molecule has 0 amide bonds. The first kappa shape index (κ1) is 26.6. The zero-order chi connectivity index (χ0) is 25.5. The minimum absolute atomic E-state index is 0.0262. The first-order valence-electron chi connectivity index (χ1n) is 10.4. The first-order valence-corrected chi connectivity index (χ1v) is 11.9. The van der Waals surface area contributed by atoms with Gasteiger partial charge in [0.05, 0.1) is 16.1 Å². The summed E-state index contributed by atoms with van der Waals surface area (Å²) in [4.78, 5) is 16.2. The minimum atomic E-state index is -4.02. The summed E-state index contributed by atoms with van der Waals surface area (Å²) < 4.78 is 35.1. The highest BCUT2D eigenvalue weighted by atomic mass is 32.2. The molecule has 0 aliphatic rings. The number of aliphatic imine (C=N–C) groups is 1. The van der Waals surface area contributed by atoms with Crippen LogP contribution in [0.1, 0.15) is 46.8 Å². The molecule has 0 atom stereocenters. The molecule has 0 aromatic heterocycles.